The molecule has 1 amide bonds. The van der Waals surface area contributed by atoms with E-state index in [2.05, 4.69) is 43.4 Å². The van der Waals surface area contributed by atoms with Crippen LogP contribution in [0.4, 0.5) is 0 Å². The highest BCUT2D eigenvalue weighted by Crippen LogP contribution is 2.28. The molecule has 0 heterocycles. The molecule has 3 aromatic rings. The van der Waals surface area contributed by atoms with Crippen molar-refractivity contribution in [3.8, 4) is 17.2 Å². The normalized spacial score (nSPS) is 10.9. The van der Waals surface area contributed by atoms with Crippen LogP contribution in [-0.4, -0.2) is 25.8 Å². The predicted octanol–water partition coefficient (Wildman–Crippen LogP) is 5.24. The number of hydrogen-bond donors (Lipinski definition) is 1. The summed E-state index contributed by atoms with van der Waals surface area (Å²) in [5, 5.41) is 4.02. The third-order valence-electron chi connectivity index (χ3n) is 5.01. The Morgan fingerprint density at radius 3 is 2.45 bits per heavy atom. The molecule has 1 N–H and O–H groups in total. The summed E-state index contributed by atoms with van der Waals surface area (Å²) in [4.78, 5) is 12.1. The fourth-order valence-electron chi connectivity index (χ4n) is 3.17. The lowest BCUT2D eigenvalue weighted by Gasteiger charge is -2.13. The molecule has 0 atom stereocenters. The molecule has 0 bridgehead atoms. The number of hydrazone groups is 1. The Bertz CT molecular complexity index is 1090. The number of carbonyl (C=O) groups excluding carboxylic acids is 1. The minimum atomic E-state index is -0.338. The zero-order valence-corrected chi connectivity index (χ0v) is 19.5. The molecular weight excluding hydrogens is 416 g/mol. The summed E-state index contributed by atoms with van der Waals surface area (Å²) < 4.78 is 17.0. The molecule has 0 unspecified atom stereocenters. The number of rotatable bonds is 10. The topological polar surface area (TPSA) is 69.2 Å². The van der Waals surface area contributed by atoms with E-state index in [9.17, 15) is 4.79 Å². The number of hydrogen-bond acceptors (Lipinski definition) is 5. The van der Waals surface area contributed by atoms with Gasteiger partial charge in [0.25, 0.3) is 5.91 Å². The van der Waals surface area contributed by atoms with Crippen molar-refractivity contribution in [1.82, 2.24) is 5.43 Å². The van der Waals surface area contributed by atoms with Gasteiger partial charge in [0.2, 0.25) is 0 Å². The van der Waals surface area contributed by atoms with E-state index in [-0.39, 0.29) is 12.5 Å². The van der Waals surface area contributed by atoms with Gasteiger partial charge in [0.1, 0.15) is 12.4 Å². The van der Waals surface area contributed by atoms with E-state index < -0.39 is 0 Å². The van der Waals surface area contributed by atoms with E-state index in [1.54, 1.807) is 19.4 Å². The first-order valence-corrected chi connectivity index (χ1v) is 10.9. The summed E-state index contributed by atoms with van der Waals surface area (Å²) >= 11 is 0. The van der Waals surface area contributed by atoms with Crippen LogP contribution < -0.4 is 19.6 Å². The second kappa shape index (κ2) is 11.7. The lowest BCUT2D eigenvalue weighted by Crippen LogP contribution is -2.24. The van der Waals surface area contributed by atoms with Crippen molar-refractivity contribution < 1.29 is 19.0 Å². The van der Waals surface area contributed by atoms with Crippen LogP contribution in [0.25, 0.3) is 0 Å². The standard InChI is InChI=1S/C27H30N2O4/c1-19(2)23-7-5-6-8-24(23)33-18-27(30)29-28-16-22-13-14-25(26(15-22)31-4)32-17-21-11-9-20(3)10-12-21/h5-16,19H,17-18H2,1-4H3,(H,29,30)/b28-16+. The fourth-order valence-corrected chi connectivity index (χ4v) is 3.17. The molecule has 33 heavy (non-hydrogen) atoms. The molecule has 6 heteroatoms. The number of nitrogens with one attached hydrogen (secondary N) is 1. The monoisotopic (exact) mass is 446 g/mol. The average molecular weight is 447 g/mol. The van der Waals surface area contributed by atoms with Gasteiger partial charge >= 0.3 is 0 Å². The van der Waals surface area contributed by atoms with E-state index in [4.69, 9.17) is 14.2 Å². The maximum Gasteiger partial charge on any atom is 0.277 e. The van der Waals surface area contributed by atoms with E-state index in [0.717, 1.165) is 16.7 Å². The fraction of sp³-hybridized carbons (Fsp3) is 0.259. The van der Waals surface area contributed by atoms with Gasteiger partial charge in [-0.2, -0.15) is 5.10 Å². The van der Waals surface area contributed by atoms with Crippen LogP contribution in [0.1, 0.15) is 42.0 Å². The van der Waals surface area contributed by atoms with Gasteiger partial charge in [-0.25, -0.2) is 5.43 Å². The summed E-state index contributed by atoms with van der Waals surface area (Å²) in [6.45, 7) is 6.55. The van der Waals surface area contributed by atoms with Crippen molar-refractivity contribution in [3.63, 3.8) is 0 Å². The third kappa shape index (κ3) is 7.10. The number of aryl methyl sites for hydroxylation is 1. The van der Waals surface area contributed by atoms with Crippen LogP contribution in [0.2, 0.25) is 0 Å². The minimum Gasteiger partial charge on any atom is -0.493 e. The highest BCUT2D eigenvalue weighted by atomic mass is 16.5. The lowest BCUT2D eigenvalue weighted by atomic mass is 10.0. The van der Waals surface area contributed by atoms with Crippen molar-refractivity contribution in [2.24, 2.45) is 5.10 Å². The zero-order chi connectivity index (χ0) is 23.6. The summed E-state index contributed by atoms with van der Waals surface area (Å²) in [6, 6.07) is 21.4. The van der Waals surface area contributed by atoms with Gasteiger partial charge in [-0.1, -0.05) is 61.9 Å². The molecular formula is C27H30N2O4. The van der Waals surface area contributed by atoms with E-state index >= 15 is 0 Å². The highest BCUT2D eigenvalue weighted by Gasteiger charge is 2.09. The molecule has 3 rings (SSSR count). The van der Waals surface area contributed by atoms with E-state index in [1.807, 2.05) is 48.5 Å². The van der Waals surface area contributed by atoms with Crippen LogP contribution >= 0.6 is 0 Å². The summed E-state index contributed by atoms with van der Waals surface area (Å²) in [6.07, 6.45) is 1.55. The molecule has 0 saturated carbocycles. The summed E-state index contributed by atoms with van der Waals surface area (Å²) in [5.41, 5.74) is 6.60. The zero-order valence-electron chi connectivity index (χ0n) is 19.5. The van der Waals surface area contributed by atoms with Gasteiger partial charge in [0, 0.05) is 0 Å². The van der Waals surface area contributed by atoms with Gasteiger partial charge < -0.3 is 14.2 Å². The number of benzene rings is 3. The number of methoxy groups -OCH3 is 1. The largest absolute Gasteiger partial charge is 0.493 e. The smallest absolute Gasteiger partial charge is 0.277 e. The highest BCUT2D eigenvalue weighted by molar-refractivity contribution is 5.83. The Labute approximate surface area is 195 Å². The molecule has 0 aliphatic rings. The predicted molar refractivity (Wildman–Crippen MR) is 130 cm³/mol. The Morgan fingerprint density at radius 1 is 0.970 bits per heavy atom. The number of ether oxygens (including phenoxy) is 3. The summed E-state index contributed by atoms with van der Waals surface area (Å²) in [7, 11) is 1.59. The quantitative estimate of drug-likeness (QED) is 0.342. The van der Waals surface area contributed by atoms with Gasteiger partial charge in [-0.05, 0) is 53.8 Å². The van der Waals surface area contributed by atoms with Gasteiger partial charge in [-0.15, -0.1) is 0 Å². The maximum absolute atomic E-state index is 12.1. The first-order chi connectivity index (χ1) is 16.0. The van der Waals surface area contributed by atoms with E-state index in [0.29, 0.717) is 29.8 Å². The maximum atomic E-state index is 12.1. The molecule has 0 spiro atoms. The van der Waals surface area contributed by atoms with Crippen molar-refractivity contribution in [2.75, 3.05) is 13.7 Å². The molecule has 0 saturated heterocycles. The van der Waals surface area contributed by atoms with Gasteiger partial charge in [0.05, 0.1) is 13.3 Å². The molecule has 3 aromatic carbocycles. The Balaban J connectivity index is 1.53. The number of para-hydroxylation sites is 1. The van der Waals surface area contributed by atoms with Crippen molar-refractivity contribution >= 4 is 12.1 Å². The van der Waals surface area contributed by atoms with Crippen molar-refractivity contribution in [1.29, 1.82) is 0 Å². The van der Waals surface area contributed by atoms with Crippen LogP contribution in [0.5, 0.6) is 17.2 Å². The molecule has 0 radical (unpaired) electrons. The van der Waals surface area contributed by atoms with Crippen LogP contribution in [0.3, 0.4) is 0 Å². The first-order valence-electron chi connectivity index (χ1n) is 10.9. The van der Waals surface area contributed by atoms with Crippen LogP contribution in [0.15, 0.2) is 71.8 Å². The average Bonchev–Trinajstić information content (AvgIpc) is 2.83. The molecule has 0 aromatic heterocycles. The SMILES string of the molecule is COc1cc(/C=N/NC(=O)COc2ccccc2C(C)C)ccc1OCc1ccc(C)cc1. The van der Waals surface area contributed by atoms with Crippen molar-refractivity contribution in [3.05, 3.63) is 89.0 Å². The minimum absolute atomic E-state index is 0.115. The van der Waals surface area contributed by atoms with Crippen LogP contribution in [-0.2, 0) is 11.4 Å². The Kier molecular flexibility index (Phi) is 8.47. The Morgan fingerprint density at radius 2 is 1.73 bits per heavy atom. The van der Waals surface area contributed by atoms with Gasteiger partial charge in [0.15, 0.2) is 18.1 Å². The lowest BCUT2D eigenvalue weighted by molar-refractivity contribution is -0.123. The summed E-state index contributed by atoms with van der Waals surface area (Å²) in [5.74, 6) is 1.90. The van der Waals surface area contributed by atoms with Gasteiger partial charge in [-0.3, -0.25) is 4.79 Å². The Hall–Kier alpha value is -3.80. The molecule has 0 aliphatic heterocycles. The third-order valence-corrected chi connectivity index (χ3v) is 5.01. The number of nitrogens with zero attached hydrogens (tertiary/aromatic N) is 1. The van der Waals surface area contributed by atoms with Crippen LogP contribution in [0, 0.1) is 6.92 Å². The number of carbonyl (C=O) groups is 1. The first kappa shape index (κ1) is 23.9. The molecule has 0 aliphatic carbocycles. The molecule has 6 nitrogen and oxygen atoms in total. The van der Waals surface area contributed by atoms with Crippen molar-refractivity contribution in [2.45, 2.75) is 33.3 Å². The molecule has 172 valence electrons. The van der Waals surface area contributed by atoms with E-state index in [1.165, 1.54) is 5.56 Å². The molecule has 0 fully saturated rings. The number of amides is 1. The second-order valence-electron chi connectivity index (χ2n) is 7.96. The second-order valence-corrected chi connectivity index (χ2v) is 7.96.